The highest BCUT2D eigenvalue weighted by Crippen LogP contribution is 2.39. The third-order valence-corrected chi connectivity index (χ3v) is 4.95. The lowest BCUT2D eigenvalue weighted by Crippen LogP contribution is -2.49. The lowest BCUT2D eigenvalue weighted by Gasteiger charge is -2.27. The Morgan fingerprint density at radius 1 is 1.57 bits per heavy atom. The molecule has 6 nitrogen and oxygen atoms in total. The molecule has 21 heavy (non-hydrogen) atoms. The second-order valence-electron chi connectivity index (χ2n) is 5.98. The van der Waals surface area contributed by atoms with Crippen molar-refractivity contribution in [3.63, 3.8) is 0 Å². The maximum absolute atomic E-state index is 12.0. The highest BCUT2D eigenvalue weighted by Gasteiger charge is 2.31. The first-order valence-electron chi connectivity index (χ1n) is 7.11. The standard InChI is InChI=1S/C14H21N5OS/c1-9(2)14(3,8-15)16-11(20)7-21-13-18-17-12(19(13)4)10-5-6-10/h9-10H,5-7H2,1-4H3,(H,16,20)/t14-/m1/s1. The number of nitrogens with zero attached hydrogens (tertiary/aromatic N) is 4. The fourth-order valence-corrected chi connectivity index (χ4v) is 2.62. The number of nitriles is 1. The van der Waals surface area contributed by atoms with Crippen molar-refractivity contribution in [2.45, 2.75) is 50.2 Å². The molecule has 1 aliphatic rings. The molecule has 1 atom stereocenters. The molecular formula is C14H21N5OS. The van der Waals surface area contributed by atoms with E-state index in [4.69, 9.17) is 0 Å². The maximum atomic E-state index is 12.0. The van der Waals surface area contributed by atoms with Crippen LogP contribution in [0.3, 0.4) is 0 Å². The van der Waals surface area contributed by atoms with Crippen molar-refractivity contribution >= 4 is 17.7 Å². The zero-order chi connectivity index (χ0) is 15.6. The van der Waals surface area contributed by atoms with E-state index >= 15 is 0 Å². The van der Waals surface area contributed by atoms with Crippen LogP contribution in [0.15, 0.2) is 5.16 Å². The van der Waals surface area contributed by atoms with Gasteiger partial charge in [0.15, 0.2) is 5.16 Å². The summed E-state index contributed by atoms with van der Waals surface area (Å²) in [4.78, 5) is 12.0. The van der Waals surface area contributed by atoms with Crippen molar-refractivity contribution in [2.75, 3.05) is 5.75 Å². The van der Waals surface area contributed by atoms with E-state index in [1.165, 1.54) is 24.6 Å². The highest BCUT2D eigenvalue weighted by atomic mass is 32.2. The second kappa shape index (κ2) is 6.06. The largest absolute Gasteiger partial charge is 0.337 e. The molecule has 1 amide bonds. The molecule has 1 N–H and O–H groups in total. The van der Waals surface area contributed by atoms with Gasteiger partial charge in [0.2, 0.25) is 5.91 Å². The molecule has 1 aromatic heterocycles. The highest BCUT2D eigenvalue weighted by molar-refractivity contribution is 7.99. The monoisotopic (exact) mass is 307 g/mol. The Balaban J connectivity index is 1.91. The second-order valence-corrected chi connectivity index (χ2v) is 6.92. The Morgan fingerprint density at radius 2 is 2.24 bits per heavy atom. The molecule has 1 heterocycles. The molecule has 1 saturated carbocycles. The summed E-state index contributed by atoms with van der Waals surface area (Å²) in [5.74, 6) is 1.66. The topological polar surface area (TPSA) is 83.6 Å². The number of hydrogen-bond acceptors (Lipinski definition) is 5. The normalized spacial score (nSPS) is 17.3. The van der Waals surface area contributed by atoms with Crippen LogP contribution in [0.5, 0.6) is 0 Å². The van der Waals surface area contributed by atoms with Gasteiger partial charge in [-0.25, -0.2) is 0 Å². The quantitative estimate of drug-likeness (QED) is 0.811. The zero-order valence-electron chi connectivity index (χ0n) is 12.9. The minimum atomic E-state index is -0.837. The first-order valence-corrected chi connectivity index (χ1v) is 8.10. The van der Waals surface area contributed by atoms with E-state index < -0.39 is 5.54 Å². The van der Waals surface area contributed by atoms with Crippen LogP contribution in [0.4, 0.5) is 0 Å². The van der Waals surface area contributed by atoms with E-state index in [1.807, 2.05) is 25.5 Å². The predicted molar refractivity (Wildman–Crippen MR) is 80.7 cm³/mol. The summed E-state index contributed by atoms with van der Waals surface area (Å²) in [5, 5.41) is 21.1. The molecule has 1 fully saturated rings. The van der Waals surface area contributed by atoms with Gasteiger partial charge >= 0.3 is 0 Å². The molecule has 0 unspecified atom stereocenters. The summed E-state index contributed by atoms with van der Waals surface area (Å²) < 4.78 is 1.96. The predicted octanol–water partition coefficient (Wildman–Crippen LogP) is 1.84. The first kappa shape index (κ1) is 15.8. The molecular weight excluding hydrogens is 286 g/mol. The van der Waals surface area contributed by atoms with Crippen LogP contribution in [-0.2, 0) is 11.8 Å². The van der Waals surface area contributed by atoms with Gasteiger partial charge in [-0.3, -0.25) is 4.79 Å². The number of rotatable bonds is 6. The number of aromatic nitrogens is 3. The Bertz CT molecular complexity index is 572. The van der Waals surface area contributed by atoms with Gasteiger partial charge in [-0.15, -0.1) is 10.2 Å². The van der Waals surface area contributed by atoms with Crippen LogP contribution in [0.25, 0.3) is 0 Å². The molecule has 0 saturated heterocycles. The van der Waals surface area contributed by atoms with Gasteiger partial charge in [0.1, 0.15) is 11.4 Å². The summed E-state index contributed by atoms with van der Waals surface area (Å²) in [5.41, 5.74) is -0.837. The van der Waals surface area contributed by atoms with Gasteiger partial charge in [0.05, 0.1) is 11.8 Å². The van der Waals surface area contributed by atoms with Crippen molar-refractivity contribution in [1.82, 2.24) is 20.1 Å². The SMILES string of the molecule is CC(C)[C@@](C)(C#N)NC(=O)CSc1nnc(C2CC2)n1C. The summed E-state index contributed by atoms with van der Waals surface area (Å²) in [6, 6.07) is 2.17. The minimum absolute atomic E-state index is 0.0488. The van der Waals surface area contributed by atoms with Gasteiger partial charge in [-0.2, -0.15) is 5.26 Å². The Labute approximate surface area is 129 Å². The van der Waals surface area contributed by atoms with E-state index in [0.29, 0.717) is 5.92 Å². The fraction of sp³-hybridized carbons (Fsp3) is 0.714. The summed E-state index contributed by atoms with van der Waals surface area (Å²) in [7, 11) is 1.93. The van der Waals surface area contributed by atoms with Crippen molar-refractivity contribution in [1.29, 1.82) is 5.26 Å². The van der Waals surface area contributed by atoms with Crippen molar-refractivity contribution in [3.8, 4) is 6.07 Å². The van der Waals surface area contributed by atoms with Gasteiger partial charge in [-0.05, 0) is 25.7 Å². The fourth-order valence-electron chi connectivity index (χ4n) is 1.91. The van der Waals surface area contributed by atoms with E-state index in [9.17, 15) is 10.1 Å². The molecule has 1 aliphatic carbocycles. The average Bonchev–Trinajstić information content (AvgIpc) is 3.20. The molecule has 1 aromatic rings. The molecule has 0 radical (unpaired) electrons. The van der Waals surface area contributed by atoms with E-state index in [-0.39, 0.29) is 17.6 Å². The van der Waals surface area contributed by atoms with E-state index in [1.54, 1.807) is 6.92 Å². The van der Waals surface area contributed by atoms with Crippen LogP contribution in [0, 0.1) is 17.2 Å². The first-order chi connectivity index (χ1) is 9.87. The van der Waals surface area contributed by atoms with Crippen molar-refractivity contribution in [3.05, 3.63) is 5.82 Å². The molecule has 7 heteroatoms. The Morgan fingerprint density at radius 3 is 2.76 bits per heavy atom. The van der Waals surface area contributed by atoms with E-state index in [0.717, 1.165) is 11.0 Å². The van der Waals surface area contributed by atoms with Gasteiger partial charge in [0.25, 0.3) is 0 Å². The molecule has 0 bridgehead atoms. The number of thioether (sulfide) groups is 1. The maximum Gasteiger partial charge on any atom is 0.231 e. The lowest BCUT2D eigenvalue weighted by atomic mass is 9.90. The molecule has 2 rings (SSSR count). The number of hydrogen-bond donors (Lipinski definition) is 1. The van der Waals surface area contributed by atoms with Crippen LogP contribution < -0.4 is 5.32 Å². The van der Waals surface area contributed by atoms with Crippen LogP contribution >= 0.6 is 11.8 Å². The Hall–Kier alpha value is -1.55. The smallest absolute Gasteiger partial charge is 0.231 e. The van der Waals surface area contributed by atoms with Gasteiger partial charge in [-0.1, -0.05) is 25.6 Å². The average molecular weight is 307 g/mol. The summed E-state index contributed by atoms with van der Waals surface area (Å²) >= 11 is 1.35. The lowest BCUT2D eigenvalue weighted by molar-refractivity contribution is -0.120. The molecule has 0 spiro atoms. The van der Waals surface area contributed by atoms with Crippen LogP contribution in [0.2, 0.25) is 0 Å². The van der Waals surface area contributed by atoms with Crippen molar-refractivity contribution in [2.24, 2.45) is 13.0 Å². The molecule has 0 aliphatic heterocycles. The number of carbonyl (C=O) groups is 1. The number of amides is 1. The van der Waals surface area contributed by atoms with E-state index in [2.05, 4.69) is 21.6 Å². The van der Waals surface area contributed by atoms with Gasteiger partial charge in [0, 0.05) is 13.0 Å². The number of carbonyl (C=O) groups excluding carboxylic acids is 1. The third kappa shape index (κ3) is 3.56. The summed E-state index contributed by atoms with van der Waals surface area (Å²) in [6.07, 6.45) is 2.35. The molecule has 114 valence electrons. The van der Waals surface area contributed by atoms with Crippen molar-refractivity contribution < 1.29 is 4.79 Å². The third-order valence-electron chi connectivity index (χ3n) is 3.93. The van der Waals surface area contributed by atoms with Crippen LogP contribution in [-0.4, -0.2) is 32.0 Å². The van der Waals surface area contributed by atoms with Crippen LogP contribution in [0.1, 0.15) is 45.4 Å². The number of nitrogens with one attached hydrogen (secondary N) is 1. The summed E-state index contributed by atoms with van der Waals surface area (Å²) in [6.45, 7) is 5.58. The Kier molecular flexibility index (Phi) is 4.57. The molecule has 0 aromatic carbocycles. The minimum Gasteiger partial charge on any atom is -0.337 e. The zero-order valence-corrected chi connectivity index (χ0v) is 13.7. The van der Waals surface area contributed by atoms with Gasteiger partial charge < -0.3 is 9.88 Å².